The summed E-state index contributed by atoms with van der Waals surface area (Å²) >= 11 is 0. The molecular formula is C24H27NO3. The van der Waals surface area contributed by atoms with Crippen LogP contribution in [0.25, 0.3) is 0 Å². The van der Waals surface area contributed by atoms with Crippen molar-refractivity contribution >= 4 is 11.9 Å². The number of aryl methyl sites for hydroxylation is 1. The Hall–Kier alpha value is -2.62. The van der Waals surface area contributed by atoms with Gasteiger partial charge in [0, 0.05) is 0 Å². The van der Waals surface area contributed by atoms with Gasteiger partial charge in [0.05, 0.1) is 17.9 Å². The number of carbonyl (C=O) groups is 2. The second kappa shape index (κ2) is 7.78. The van der Waals surface area contributed by atoms with E-state index in [4.69, 9.17) is 0 Å². The minimum Gasteiger partial charge on any atom is -0.481 e. The first-order valence-corrected chi connectivity index (χ1v) is 10.2. The molecule has 0 aromatic heterocycles. The van der Waals surface area contributed by atoms with Crippen molar-refractivity contribution in [1.82, 2.24) is 5.32 Å². The molecule has 146 valence electrons. The van der Waals surface area contributed by atoms with Gasteiger partial charge in [-0.2, -0.15) is 0 Å². The zero-order valence-electron chi connectivity index (χ0n) is 16.2. The van der Waals surface area contributed by atoms with E-state index in [-0.39, 0.29) is 11.9 Å². The zero-order valence-corrected chi connectivity index (χ0v) is 16.2. The average molecular weight is 377 g/mol. The fourth-order valence-electron chi connectivity index (χ4n) is 4.45. The third kappa shape index (κ3) is 3.82. The highest BCUT2D eigenvalue weighted by atomic mass is 16.4. The van der Waals surface area contributed by atoms with E-state index < -0.39 is 17.8 Å². The molecule has 0 heterocycles. The Morgan fingerprint density at radius 2 is 1.64 bits per heavy atom. The number of amides is 1. The molecule has 1 amide bonds. The Labute approximate surface area is 166 Å². The number of carbonyl (C=O) groups excluding carboxylic acids is 1. The van der Waals surface area contributed by atoms with Gasteiger partial charge in [-0.3, -0.25) is 9.59 Å². The van der Waals surface area contributed by atoms with Crippen LogP contribution in [-0.4, -0.2) is 17.0 Å². The monoisotopic (exact) mass is 377 g/mol. The molecule has 4 heteroatoms. The summed E-state index contributed by atoms with van der Waals surface area (Å²) in [4.78, 5) is 24.6. The number of hydrogen-bond acceptors (Lipinski definition) is 2. The summed E-state index contributed by atoms with van der Waals surface area (Å²) in [6, 6.07) is 16.3. The highest BCUT2D eigenvalue weighted by molar-refractivity contribution is 5.85. The minimum atomic E-state index is -0.862. The van der Waals surface area contributed by atoms with Gasteiger partial charge in [0.15, 0.2) is 0 Å². The molecule has 2 aliphatic carbocycles. The number of hydrogen-bond donors (Lipinski definition) is 2. The van der Waals surface area contributed by atoms with Crippen molar-refractivity contribution in [1.29, 1.82) is 0 Å². The second-order valence-electron chi connectivity index (χ2n) is 8.22. The molecule has 4 nitrogen and oxygen atoms in total. The van der Waals surface area contributed by atoms with E-state index in [2.05, 4.69) is 29.6 Å². The molecule has 0 saturated heterocycles. The maximum absolute atomic E-state index is 13.0. The lowest BCUT2D eigenvalue weighted by Gasteiger charge is -2.25. The van der Waals surface area contributed by atoms with E-state index in [9.17, 15) is 14.7 Å². The molecule has 28 heavy (non-hydrogen) atoms. The molecule has 2 saturated carbocycles. The Morgan fingerprint density at radius 1 is 0.964 bits per heavy atom. The third-order valence-electron chi connectivity index (χ3n) is 6.27. The van der Waals surface area contributed by atoms with Crippen LogP contribution >= 0.6 is 0 Å². The second-order valence-corrected chi connectivity index (χ2v) is 8.22. The van der Waals surface area contributed by atoms with Gasteiger partial charge >= 0.3 is 5.97 Å². The number of carboxylic acids is 1. The first-order chi connectivity index (χ1) is 13.5. The van der Waals surface area contributed by atoms with Crippen LogP contribution in [0, 0.1) is 18.8 Å². The highest BCUT2D eigenvalue weighted by Gasteiger charge is 2.38. The van der Waals surface area contributed by atoms with Crippen molar-refractivity contribution in [2.45, 2.75) is 51.0 Å². The lowest BCUT2D eigenvalue weighted by molar-refractivity contribution is -0.146. The molecule has 2 N–H and O–H groups in total. The van der Waals surface area contributed by atoms with Gasteiger partial charge in [0.25, 0.3) is 0 Å². The Kier molecular flexibility index (Phi) is 5.21. The molecule has 3 atom stereocenters. The van der Waals surface area contributed by atoms with Crippen LogP contribution in [0.2, 0.25) is 0 Å². The first kappa shape index (κ1) is 18.7. The van der Waals surface area contributed by atoms with Gasteiger partial charge in [-0.25, -0.2) is 0 Å². The number of rotatable bonds is 6. The fraction of sp³-hybridized carbons (Fsp3) is 0.417. The summed E-state index contributed by atoms with van der Waals surface area (Å²) in [5.41, 5.74) is 4.57. The van der Waals surface area contributed by atoms with E-state index in [0.717, 1.165) is 23.1 Å². The predicted molar refractivity (Wildman–Crippen MR) is 108 cm³/mol. The number of aliphatic carboxylic acids is 1. The SMILES string of the molecule is Cc1ccccc1[C@H](NC(=O)[C@@H]1CCC[C@@H]1C(=O)O)c1ccc(C2CC2)cc1. The third-order valence-corrected chi connectivity index (χ3v) is 6.27. The lowest BCUT2D eigenvalue weighted by atomic mass is 9.91. The van der Waals surface area contributed by atoms with Crippen LogP contribution in [-0.2, 0) is 9.59 Å². The number of nitrogens with one attached hydrogen (secondary N) is 1. The largest absolute Gasteiger partial charge is 0.481 e. The summed E-state index contributed by atoms with van der Waals surface area (Å²) in [6.45, 7) is 2.04. The molecule has 0 spiro atoms. The van der Waals surface area contributed by atoms with Crippen molar-refractivity contribution in [3.8, 4) is 0 Å². The van der Waals surface area contributed by atoms with Crippen molar-refractivity contribution in [3.05, 3.63) is 70.8 Å². The summed E-state index contributed by atoms with van der Waals surface area (Å²) in [7, 11) is 0. The van der Waals surface area contributed by atoms with Gasteiger partial charge in [-0.05, 0) is 60.8 Å². The topological polar surface area (TPSA) is 66.4 Å². The van der Waals surface area contributed by atoms with Gasteiger partial charge in [-0.15, -0.1) is 0 Å². The Balaban J connectivity index is 1.62. The van der Waals surface area contributed by atoms with Crippen LogP contribution in [0.3, 0.4) is 0 Å². The van der Waals surface area contributed by atoms with Crippen LogP contribution in [0.1, 0.15) is 66.3 Å². The standard InChI is InChI=1S/C24H27NO3/c1-15-5-2-3-6-19(15)22(18-13-11-17(12-14-18)16-9-10-16)25-23(26)20-7-4-8-21(20)24(27)28/h2-3,5-6,11-14,16,20-22H,4,7-10H2,1H3,(H,25,26)(H,27,28)/t20-,21+,22-/m1/s1. The summed E-state index contributed by atoms with van der Waals surface area (Å²) in [5, 5.41) is 12.6. The summed E-state index contributed by atoms with van der Waals surface area (Å²) < 4.78 is 0. The van der Waals surface area contributed by atoms with E-state index in [1.54, 1.807) is 0 Å². The van der Waals surface area contributed by atoms with E-state index in [1.807, 2.05) is 31.2 Å². The fourth-order valence-corrected chi connectivity index (χ4v) is 4.45. The lowest BCUT2D eigenvalue weighted by Crippen LogP contribution is -2.38. The molecule has 2 aliphatic rings. The van der Waals surface area contributed by atoms with Crippen LogP contribution in [0.4, 0.5) is 0 Å². The van der Waals surface area contributed by atoms with Crippen LogP contribution in [0.15, 0.2) is 48.5 Å². The highest BCUT2D eigenvalue weighted by Crippen LogP contribution is 2.40. The number of carboxylic acid groups (broad SMARTS) is 1. The Bertz CT molecular complexity index is 870. The summed E-state index contributed by atoms with van der Waals surface area (Å²) in [5.74, 6) is -1.34. The molecule has 2 aromatic rings. The molecule has 0 aliphatic heterocycles. The first-order valence-electron chi connectivity index (χ1n) is 10.2. The van der Waals surface area contributed by atoms with Crippen LogP contribution < -0.4 is 5.32 Å². The molecule has 4 rings (SSSR count). The molecule has 0 unspecified atom stereocenters. The van der Waals surface area contributed by atoms with E-state index >= 15 is 0 Å². The molecular weight excluding hydrogens is 350 g/mol. The molecule has 0 bridgehead atoms. The van der Waals surface area contributed by atoms with E-state index in [0.29, 0.717) is 18.8 Å². The van der Waals surface area contributed by atoms with Crippen molar-refractivity contribution in [3.63, 3.8) is 0 Å². The van der Waals surface area contributed by atoms with Gasteiger partial charge in [0.2, 0.25) is 5.91 Å². The maximum atomic E-state index is 13.0. The van der Waals surface area contributed by atoms with Crippen LogP contribution in [0.5, 0.6) is 0 Å². The van der Waals surface area contributed by atoms with Crippen molar-refractivity contribution in [2.75, 3.05) is 0 Å². The van der Waals surface area contributed by atoms with Gasteiger partial charge in [0.1, 0.15) is 0 Å². The molecule has 0 radical (unpaired) electrons. The maximum Gasteiger partial charge on any atom is 0.307 e. The number of benzene rings is 2. The molecule has 2 aromatic carbocycles. The van der Waals surface area contributed by atoms with Crippen molar-refractivity contribution in [2.24, 2.45) is 11.8 Å². The predicted octanol–water partition coefficient (Wildman–Crippen LogP) is 4.58. The average Bonchev–Trinajstić information content (AvgIpc) is 3.42. The minimum absolute atomic E-state index is 0.149. The summed E-state index contributed by atoms with van der Waals surface area (Å²) in [6.07, 6.45) is 4.54. The normalized spacial score (nSPS) is 22.6. The quantitative estimate of drug-likeness (QED) is 0.774. The Morgan fingerprint density at radius 3 is 2.29 bits per heavy atom. The van der Waals surface area contributed by atoms with E-state index in [1.165, 1.54) is 18.4 Å². The molecule has 2 fully saturated rings. The smallest absolute Gasteiger partial charge is 0.307 e. The zero-order chi connectivity index (χ0) is 19.7. The van der Waals surface area contributed by atoms with Gasteiger partial charge in [-0.1, -0.05) is 55.0 Å². The van der Waals surface area contributed by atoms with Gasteiger partial charge < -0.3 is 10.4 Å². The van der Waals surface area contributed by atoms with Crippen molar-refractivity contribution < 1.29 is 14.7 Å².